The second-order valence-electron chi connectivity index (χ2n) is 7.04. The third-order valence-corrected chi connectivity index (χ3v) is 5.53. The van der Waals surface area contributed by atoms with E-state index in [1.165, 1.54) is 0 Å². The van der Waals surface area contributed by atoms with Crippen LogP contribution in [0.1, 0.15) is 5.56 Å². The average Bonchev–Trinajstić information content (AvgIpc) is 2.74. The molecule has 0 spiro atoms. The van der Waals surface area contributed by atoms with Gasteiger partial charge < -0.3 is 0 Å². The minimum Gasteiger partial charge on any atom is -0.219 e. The summed E-state index contributed by atoms with van der Waals surface area (Å²) in [5.41, 5.74) is -3.93. The van der Waals surface area contributed by atoms with E-state index >= 15 is 0 Å². The van der Waals surface area contributed by atoms with Crippen molar-refractivity contribution in [1.29, 1.82) is 0 Å². The van der Waals surface area contributed by atoms with Gasteiger partial charge in [-0.3, -0.25) is 0 Å². The van der Waals surface area contributed by atoms with Crippen LogP contribution < -0.4 is 0 Å². The van der Waals surface area contributed by atoms with Crippen LogP contribution >= 0.6 is 15.9 Å². The molecule has 1 atom stereocenters. The Labute approximate surface area is 204 Å². The minimum atomic E-state index is -9.18. The number of alkyl halides is 19. The zero-order chi connectivity index (χ0) is 32.0. The Kier molecular flexibility index (Phi) is 8.15. The zero-order valence-corrected chi connectivity index (χ0v) is 18.2. The Hall–Kier alpha value is -1.91. The third kappa shape index (κ3) is 4.19. The molecule has 0 heterocycles. The molecule has 0 saturated carbocycles. The quantitative estimate of drug-likeness (QED) is 0.110. The average molecular weight is 697 g/mol. The first-order chi connectivity index (χ1) is 16.7. The van der Waals surface area contributed by atoms with E-state index in [9.17, 15) is 101 Å². The maximum absolute atomic E-state index is 14.5. The van der Waals surface area contributed by atoms with Crippen molar-refractivity contribution in [2.45, 2.75) is 52.2 Å². The van der Waals surface area contributed by atoms with Gasteiger partial charge in [0.2, 0.25) is 5.82 Å². The van der Waals surface area contributed by atoms with E-state index < -0.39 is 86.9 Å². The molecule has 0 N–H and O–H groups in total. The van der Waals surface area contributed by atoms with Crippen molar-refractivity contribution in [3.8, 4) is 0 Å². The minimum absolute atomic E-state index is 0.434. The molecule has 0 aliphatic rings. The molecule has 0 aliphatic heterocycles. The van der Waals surface area contributed by atoms with Gasteiger partial charge in [-0.15, -0.1) is 0 Å². The van der Waals surface area contributed by atoms with Crippen molar-refractivity contribution in [1.82, 2.24) is 0 Å². The first-order valence-electron chi connectivity index (χ1n) is 8.29. The van der Waals surface area contributed by atoms with E-state index in [1.807, 2.05) is 0 Å². The van der Waals surface area contributed by atoms with Gasteiger partial charge in [-0.2, -0.15) is 74.6 Å². The van der Waals surface area contributed by atoms with Crippen LogP contribution in [0.5, 0.6) is 0 Å². The van der Waals surface area contributed by atoms with Crippen molar-refractivity contribution in [2.24, 2.45) is 0 Å². The van der Waals surface area contributed by atoms with Gasteiger partial charge in [0.25, 0.3) is 4.58 Å². The summed E-state index contributed by atoms with van der Waals surface area (Å²) in [5.74, 6) is -80.0. The molecular formula is C15BrF23. The van der Waals surface area contributed by atoms with Crippen LogP contribution in [-0.2, 0) is 4.58 Å². The van der Waals surface area contributed by atoms with Crippen molar-refractivity contribution in [3.63, 3.8) is 0 Å². The van der Waals surface area contributed by atoms with Gasteiger partial charge in [-0.05, 0) is 15.9 Å². The van der Waals surface area contributed by atoms with E-state index in [1.54, 1.807) is 0 Å². The second-order valence-corrected chi connectivity index (χ2v) is 8.13. The fraction of sp³-hybridized carbons (Fsp3) is 0.600. The molecule has 0 saturated heterocycles. The van der Waals surface area contributed by atoms with E-state index in [0.717, 1.165) is 0 Å². The molecule has 228 valence electrons. The lowest BCUT2D eigenvalue weighted by atomic mass is 9.86. The van der Waals surface area contributed by atoms with Gasteiger partial charge in [0.05, 0.1) is 5.56 Å². The molecule has 1 aromatic carbocycles. The maximum atomic E-state index is 14.5. The number of benzene rings is 1. The maximum Gasteiger partial charge on any atom is 0.460 e. The summed E-state index contributed by atoms with van der Waals surface area (Å²) < 4.78 is 300. The highest BCUT2D eigenvalue weighted by atomic mass is 79.9. The Morgan fingerprint density at radius 3 is 0.769 bits per heavy atom. The Bertz CT molecular complexity index is 1080. The topological polar surface area (TPSA) is 0 Å². The molecule has 0 nitrogen and oxygen atoms in total. The highest BCUT2D eigenvalue weighted by molar-refractivity contribution is 9.09. The Balaban J connectivity index is 3.98. The summed E-state index contributed by atoms with van der Waals surface area (Å²) in [5, 5.41) is 0. The second kappa shape index (κ2) is 9.05. The molecule has 1 aromatic rings. The van der Waals surface area contributed by atoms with Crippen LogP contribution in [0.4, 0.5) is 101 Å². The van der Waals surface area contributed by atoms with Crippen molar-refractivity contribution in [2.75, 3.05) is 0 Å². The highest BCUT2D eigenvalue weighted by Gasteiger charge is 2.96. The highest BCUT2D eigenvalue weighted by Crippen LogP contribution is 2.67. The van der Waals surface area contributed by atoms with E-state index in [2.05, 4.69) is 0 Å². The SMILES string of the molecule is Fc1c(F)c(F)c(C(F)(Br)C(F)(F)C(F)(F)C(F)(F)C(F)(F)C(F)(F)C(F)(F)C(F)(F)C(F)(F)F)c(F)c1F. The standard InChI is InChI=1S/C15BrF23/c16-7(22,1-2(17)4(19)6(21)5(20)3(1)18)8(23,24)9(25,26)10(27,28)11(29,30)12(31,32)13(33,34)14(35,36)15(37,38)39. The van der Waals surface area contributed by atoms with Gasteiger partial charge in [0, 0.05) is 0 Å². The lowest BCUT2D eigenvalue weighted by Crippen LogP contribution is -2.75. The predicted octanol–water partition coefficient (Wildman–Crippen LogP) is 8.91. The predicted molar refractivity (Wildman–Crippen MR) is 78.6 cm³/mol. The Morgan fingerprint density at radius 1 is 0.308 bits per heavy atom. The number of hydrogen-bond acceptors (Lipinski definition) is 0. The van der Waals surface area contributed by atoms with Crippen LogP contribution in [0.15, 0.2) is 0 Å². The summed E-state index contributed by atoms with van der Waals surface area (Å²) >= 11 is 0.434. The van der Waals surface area contributed by atoms with Gasteiger partial charge in [0.15, 0.2) is 23.3 Å². The first kappa shape index (κ1) is 35.1. The molecule has 0 radical (unpaired) electrons. The van der Waals surface area contributed by atoms with Crippen molar-refractivity contribution < 1.29 is 101 Å². The summed E-state index contributed by atoms with van der Waals surface area (Å²) in [6, 6.07) is 0. The lowest BCUT2D eigenvalue weighted by molar-refractivity contribution is -0.464. The van der Waals surface area contributed by atoms with E-state index in [0.29, 0.717) is 15.9 Å². The van der Waals surface area contributed by atoms with Gasteiger partial charge in [-0.1, -0.05) is 0 Å². The molecule has 0 bridgehead atoms. The van der Waals surface area contributed by atoms with Crippen LogP contribution in [0, 0.1) is 29.1 Å². The summed E-state index contributed by atoms with van der Waals surface area (Å²) in [7, 11) is 0. The van der Waals surface area contributed by atoms with Crippen LogP contribution in [0.2, 0.25) is 0 Å². The summed E-state index contributed by atoms with van der Waals surface area (Å²) in [4.78, 5) is 0. The smallest absolute Gasteiger partial charge is 0.219 e. The normalized spacial score (nSPS) is 16.9. The first-order valence-corrected chi connectivity index (χ1v) is 9.08. The summed E-state index contributed by atoms with van der Waals surface area (Å²) in [6.07, 6.45) is -8.03. The number of halogens is 24. The third-order valence-electron chi connectivity index (χ3n) is 4.64. The molecule has 24 heteroatoms. The molecule has 0 aliphatic carbocycles. The molecule has 1 rings (SSSR count). The van der Waals surface area contributed by atoms with Crippen LogP contribution in [-0.4, -0.2) is 47.6 Å². The molecular weight excluding hydrogens is 697 g/mol. The van der Waals surface area contributed by atoms with Crippen molar-refractivity contribution in [3.05, 3.63) is 34.6 Å². The monoisotopic (exact) mass is 696 g/mol. The lowest BCUT2D eigenvalue weighted by Gasteiger charge is -2.44. The van der Waals surface area contributed by atoms with Crippen LogP contribution in [0.3, 0.4) is 0 Å². The molecule has 1 unspecified atom stereocenters. The summed E-state index contributed by atoms with van der Waals surface area (Å²) in [6.45, 7) is 0. The fourth-order valence-corrected chi connectivity index (χ4v) is 3.00. The number of hydrogen-bond donors (Lipinski definition) is 0. The molecule has 0 amide bonds. The molecule has 39 heavy (non-hydrogen) atoms. The fourth-order valence-electron chi connectivity index (χ4n) is 2.40. The van der Waals surface area contributed by atoms with E-state index in [4.69, 9.17) is 0 Å². The van der Waals surface area contributed by atoms with Crippen LogP contribution in [0.25, 0.3) is 0 Å². The molecule has 0 fully saturated rings. The zero-order valence-electron chi connectivity index (χ0n) is 16.6. The van der Waals surface area contributed by atoms with Gasteiger partial charge >= 0.3 is 47.6 Å². The van der Waals surface area contributed by atoms with Gasteiger partial charge in [-0.25, -0.2) is 26.3 Å². The Morgan fingerprint density at radius 2 is 0.513 bits per heavy atom. The number of rotatable bonds is 8. The van der Waals surface area contributed by atoms with Gasteiger partial charge in [0.1, 0.15) is 0 Å². The largest absolute Gasteiger partial charge is 0.460 e. The molecule has 0 aromatic heterocycles. The van der Waals surface area contributed by atoms with Crippen molar-refractivity contribution >= 4 is 15.9 Å². The van der Waals surface area contributed by atoms with E-state index in [-0.39, 0.29) is 0 Å².